The van der Waals surface area contributed by atoms with Gasteiger partial charge in [0.2, 0.25) is 10.0 Å². The number of sulfonamides is 1. The minimum absolute atomic E-state index is 0.127. The molecule has 0 unspecified atom stereocenters. The molecular formula is C10H11BrClF2NO3S. The van der Waals surface area contributed by atoms with Gasteiger partial charge in [-0.05, 0) is 41.9 Å². The predicted octanol–water partition coefficient (Wildman–Crippen LogP) is 3.85. The van der Waals surface area contributed by atoms with Gasteiger partial charge in [0.25, 0.3) is 0 Å². The van der Waals surface area contributed by atoms with E-state index in [0.29, 0.717) is 0 Å². The fourth-order valence-electron chi connectivity index (χ4n) is 1.12. The van der Waals surface area contributed by atoms with Gasteiger partial charge in [0.05, 0.1) is 15.4 Å². The second-order valence-electron chi connectivity index (χ2n) is 3.84. The Morgan fingerprint density at radius 3 is 2.42 bits per heavy atom. The van der Waals surface area contributed by atoms with Crippen LogP contribution in [0.4, 0.5) is 14.5 Å². The SMILES string of the molecule is CC(C)S(=O)(=O)Nc1cc(Cl)cc(Br)c1OC(F)F. The number of rotatable bonds is 5. The van der Waals surface area contributed by atoms with Crippen molar-refractivity contribution in [2.45, 2.75) is 25.7 Å². The molecule has 9 heteroatoms. The molecule has 0 heterocycles. The van der Waals surface area contributed by atoms with Gasteiger partial charge in [0.15, 0.2) is 5.75 Å². The molecule has 0 aliphatic rings. The van der Waals surface area contributed by atoms with Gasteiger partial charge in [-0.2, -0.15) is 8.78 Å². The summed E-state index contributed by atoms with van der Waals surface area (Å²) >= 11 is 8.75. The summed E-state index contributed by atoms with van der Waals surface area (Å²) in [6.45, 7) is -0.176. The number of nitrogens with one attached hydrogen (secondary N) is 1. The second kappa shape index (κ2) is 6.23. The molecule has 0 aliphatic carbocycles. The highest BCUT2D eigenvalue weighted by Crippen LogP contribution is 2.38. The standard InChI is InChI=1S/C10H11BrClF2NO3S/c1-5(2)19(16,17)15-8-4-6(12)3-7(11)9(8)18-10(13)14/h3-5,10,15H,1-2H3. The van der Waals surface area contributed by atoms with E-state index in [-0.39, 0.29) is 20.9 Å². The van der Waals surface area contributed by atoms with E-state index in [2.05, 4.69) is 25.4 Å². The number of alkyl halides is 2. The molecule has 19 heavy (non-hydrogen) atoms. The fourth-order valence-corrected chi connectivity index (χ4v) is 2.71. The predicted molar refractivity (Wildman–Crippen MR) is 73.5 cm³/mol. The van der Waals surface area contributed by atoms with E-state index in [0.717, 1.165) is 0 Å². The van der Waals surface area contributed by atoms with E-state index in [9.17, 15) is 17.2 Å². The van der Waals surface area contributed by atoms with Gasteiger partial charge in [-0.15, -0.1) is 0 Å². The van der Waals surface area contributed by atoms with E-state index in [1.165, 1.54) is 26.0 Å². The van der Waals surface area contributed by atoms with E-state index in [1.54, 1.807) is 0 Å². The van der Waals surface area contributed by atoms with Crippen LogP contribution in [0.2, 0.25) is 5.02 Å². The molecular weight excluding hydrogens is 368 g/mol. The van der Waals surface area contributed by atoms with Crippen molar-refractivity contribution in [2.75, 3.05) is 4.72 Å². The van der Waals surface area contributed by atoms with Crippen molar-refractivity contribution in [1.82, 2.24) is 0 Å². The molecule has 0 saturated carbocycles. The second-order valence-corrected chi connectivity index (χ2v) is 7.37. The zero-order chi connectivity index (χ0) is 14.8. The van der Waals surface area contributed by atoms with Crippen molar-refractivity contribution < 1.29 is 21.9 Å². The first-order valence-electron chi connectivity index (χ1n) is 5.09. The maximum Gasteiger partial charge on any atom is 0.387 e. The average Bonchev–Trinajstić information content (AvgIpc) is 2.22. The highest BCUT2D eigenvalue weighted by Gasteiger charge is 2.21. The topological polar surface area (TPSA) is 55.4 Å². The molecule has 0 aromatic heterocycles. The third kappa shape index (κ3) is 4.47. The fraction of sp³-hybridized carbons (Fsp3) is 0.400. The molecule has 0 spiro atoms. The maximum absolute atomic E-state index is 12.3. The molecule has 1 aromatic rings. The number of benzene rings is 1. The smallest absolute Gasteiger partial charge is 0.387 e. The molecule has 1 aromatic carbocycles. The highest BCUT2D eigenvalue weighted by atomic mass is 79.9. The van der Waals surface area contributed by atoms with Crippen molar-refractivity contribution in [2.24, 2.45) is 0 Å². The van der Waals surface area contributed by atoms with Crippen LogP contribution in [-0.2, 0) is 10.0 Å². The molecule has 0 aliphatic heterocycles. The van der Waals surface area contributed by atoms with Crippen LogP contribution >= 0.6 is 27.5 Å². The summed E-state index contributed by atoms with van der Waals surface area (Å²) in [6.07, 6.45) is 0. The van der Waals surface area contributed by atoms with Gasteiger partial charge in [0.1, 0.15) is 0 Å². The van der Waals surface area contributed by atoms with Crippen LogP contribution in [0.15, 0.2) is 16.6 Å². The Morgan fingerprint density at radius 1 is 1.37 bits per heavy atom. The Balaban J connectivity index is 3.25. The Labute approximate surface area is 123 Å². The molecule has 0 radical (unpaired) electrons. The van der Waals surface area contributed by atoms with Crippen LogP contribution in [0, 0.1) is 0 Å². The number of hydrogen-bond acceptors (Lipinski definition) is 3. The van der Waals surface area contributed by atoms with Gasteiger partial charge in [0, 0.05) is 5.02 Å². The summed E-state index contributed by atoms with van der Waals surface area (Å²) in [6, 6.07) is 2.52. The zero-order valence-corrected chi connectivity index (χ0v) is 13.1. The van der Waals surface area contributed by atoms with E-state index in [1.807, 2.05) is 0 Å². The average molecular weight is 379 g/mol. The normalized spacial score (nSPS) is 12.0. The Hall–Kier alpha value is -0.600. The molecule has 1 N–H and O–H groups in total. The highest BCUT2D eigenvalue weighted by molar-refractivity contribution is 9.10. The maximum atomic E-state index is 12.3. The monoisotopic (exact) mass is 377 g/mol. The van der Waals surface area contributed by atoms with Crippen LogP contribution in [0.25, 0.3) is 0 Å². The van der Waals surface area contributed by atoms with Gasteiger partial charge in [-0.1, -0.05) is 11.6 Å². The first-order chi connectivity index (χ1) is 8.63. The van der Waals surface area contributed by atoms with Crippen LogP contribution < -0.4 is 9.46 Å². The largest absolute Gasteiger partial charge is 0.431 e. The molecule has 0 amide bonds. The van der Waals surface area contributed by atoms with E-state index in [4.69, 9.17) is 11.6 Å². The number of anilines is 1. The molecule has 0 atom stereocenters. The summed E-state index contributed by atoms with van der Waals surface area (Å²) in [5.41, 5.74) is -0.145. The van der Waals surface area contributed by atoms with Crippen LogP contribution in [0.1, 0.15) is 13.8 Å². The van der Waals surface area contributed by atoms with Crippen LogP contribution in [-0.4, -0.2) is 20.3 Å². The van der Waals surface area contributed by atoms with Crippen molar-refractivity contribution in [1.29, 1.82) is 0 Å². The minimum atomic E-state index is -3.70. The quantitative estimate of drug-likeness (QED) is 0.846. The number of halogens is 4. The van der Waals surface area contributed by atoms with Crippen molar-refractivity contribution in [3.05, 3.63) is 21.6 Å². The lowest BCUT2D eigenvalue weighted by atomic mass is 10.3. The van der Waals surface area contributed by atoms with Gasteiger partial charge >= 0.3 is 6.61 Å². The summed E-state index contributed by atoms with van der Waals surface area (Å²) in [4.78, 5) is 0. The Bertz CT molecular complexity index is 566. The first kappa shape index (κ1) is 16.5. The first-order valence-corrected chi connectivity index (χ1v) is 7.80. The number of hydrogen-bond donors (Lipinski definition) is 1. The summed E-state index contributed by atoms with van der Waals surface area (Å²) < 4.78 is 54.7. The van der Waals surface area contributed by atoms with Gasteiger partial charge in [-0.3, -0.25) is 4.72 Å². The third-order valence-corrected chi connectivity index (χ3v) is 4.64. The lowest BCUT2D eigenvalue weighted by molar-refractivity contribution is -0.0498. The molecule has 108 valence electrons. The van der Waals surface area contributed by atoms with Crippen LogP contribution in [0.5, 0.6) is 5.75 Å². The summed E-state index contributed by atoms with van der Waals surface area (Å²) in [5, 5.41) is -0.556. The van der Waals surface area contributed by atoms with Crippen molar-refractivity contribution in [3.8, 4) is 5.75 Å². The minimum Gasteiger partial charge on any atom is -0.431 e. The van der Waals surface area contributed by atoms with Crippen LogP contribution in [0.3, 0.4) is 0 Å². The third-order valence-electron chi connectivity index (χ3n) is 2.09. The number of ether oxygens (including phenoxy) is 1. The molecule has 1 rings (SSSR count). The summed E-state index contributed by atoms with van der Waals surface area (Å²) in [7, 11) is -3.70. The summed E-state index contributed by atoms with van der Waals surface area (Å²) in [5.74, 6) is -0.316. The van der Waals surface area contributed by atoms with Gasteiger partial charge in [-0.25, -0.2) is 8.42 Å². The molecule has 0 fully saturated rings. The molecule has 0 bridgehead atoms. The van der Waals surface area contributed by atoms with Crippen molar-refractivity contribution >= 4 is 43.2 Å². The molecule has 0 saturated heterocycles. The lowest BCUT2D eigenvalue weighted by Gasteiger charge is -2.16. The van der Waals surface area contributed by atoms with Gasteiger partial charge < -0.3 is 4.74 Å². The Morgan fingerprint density at radius 2 is 1.95 bits per heavy atom. The zero-order valence-electron chi connectivity index (χ0n) is 9.95. The molecule has 4 nitrogen and oxygen atoms in total. The lowest BCUT2D eigenvalue weighted by Crippen LogP contribution is -2.23. The van der Waals surface area contributed by atoms with Crippen molar-refractivity contribution in [3.63, 3.8) is 0 Å². The van der Waals surface area contributed by atoms with E-state index < -0.39 is 21.9 Å². The van der Waals surface area contributed by atoms with E-state index >= 15 is 0 Å². The Kier molecular flexibility index (Phi) is 5.40.